The monoisotopic (exact) mass is 367 g/mol. The smallest absolute Gasteiger partial charge is 0.272 e. The van der Waals surface area contributed by atoms with Crippen LogP contribution < -0.4 is 0 Å². The van der Waals surface area contributed by atoms with Crippen molar-refractivity contribution in [2.75, 3.05) is 7.05 Å². The van der Waals surface area contributed by atoms with Crippen molar-refractivity contribution in [3.8, 4) is 0 Å². The van der Waals surface area contributed by atoms with Gasteiger partial charge in [0.15, 0.2) is 0 Å². The third kappa shape index (κ3) is 2.66. The molecule has 2 N–H and O–H groups in total. The van der Waals surface area contributed by atoms with E-state index in [9.17, 15) is 4.79 Å². The van der Waals surface area contributed by atoms with Gasteiger partial charge in [0.05, 0.1) is 11.6 Å². The van der Waals surface area contributed by atoms with Crippen LogP contribution in [0.4, 0.5) is 0 Å². The minimum atomic E-state index is -0.205. The van der Waals surface area contributed by atoms with E-state index in [1.165, 1.54) is 11.2 Å². The van der Waals surface area contributed by atoms with Crippen molar-refractivity contribution in [3.63, 3.8) is 0 Å². The standard InChI is InChI=1S/C13H11BrClN5O/c1-20(5-10-16-6-17-19-10)13(21)12-11(15)8-4-7(14)2-3-9(8)18-12/h2-4,6,18H,5H2,1H3,(H,16,17,19). The van der Waals surface area contributed by atoms with Gasteiger partial charge in [-0.1, -0.05) is 27.5 Å². The summed E-state index contributed by atoms with van der Waals surface area (Å²) in [4.78, 5) is 21.1. The first-order chi connectivity index (χ1) is 10.1. The number of aromatic nitrogens is 4. The van der Waals surface area contributed by atoms with Crippen LogP contribution in [0.3, 0.4) is 0 Å². The van der Waals surface area contributed by atoms with Gasteiger partial charge in [0, 0.05) is 22.4 Å². The molecule has 0 aliphatic carbocycles. The van der Waals surface area contributed by atoms with Crippen molar-refractivity contribution < 1.29 is 4.79 Å². The van der Waals surface area contributed by atoms with Gasteiger partial charge >= 0.3 is 0 Å². The van der Waals surface area contributed by atoms with Crippen molar-refractivity contribution in [2.24, 2.45) is 0 Å². The minimum Gasteiger partial charge on any atom is -0.349 e. The third-order valence-electron chi connectivity index (χ3n) is 3.11. The molecule has 3 rings (SSSR count). The predicted octanol–water partition coefficient (Wildman–Crippen LogP) is 2.97. The second-order valence-corrected chi connectivity index (χ2v) is 5.89. The maximum Gasteiger partial charge on any atom is 0.272 e. The van der Waals surface area contributed by atoms with Crippen LogP contribution in [-0.4, -0.2) is 38.0 Å². The molecule has 21 heavy (non-hydrogen) atoms. The summed E-state index contributed by atoms with van der Waals surface area (Å²) in [7, 11) is 1.68. The zero-order valence-corrected chi connectivity index (χ0v) is 13.4. The molecule has 1 amide bonds. The van der Waals surface area contributed by atoms with E-state index in [1.807, 2.05) is 18.2 Å². The van der Waals surface area contributed by atoms with Crippen molar-refractivity contribution in [1.29, 1.82) is 0 Å². The highest BCUT2D eigenvalue weighted by Gasteiger charge is 2.20. The lowest BCUT2D eigenvalue weighted by molar-refractivity contribution is 0.0777. The summed E-state index contributed by atoms with van der Waals surface area (Å²) in [5, 5.41) is 7.70. The SMILES string of the molecule is CN(Cc1ncn[nH]1)C(=O)c1[nH]c2ccc(Br)cc2c1Cl. The predicted molar refractivity (Wildman–Crippen MR) is 83.2 cm³/mol. The molecular formula is C13H11BrClN5O. The molecule has 3 aromatic rings. The fourth-order valence-corrected chi connectivity index (χ4v) is 2.72. The molecule has 0 fully saturated rings. The summed E-state index contributed by atoms with van der Waals surface area (Å²) in [6, 6.07) is 5.64. The molecular weight excluding hydrogens is 358 g/mol. The minimum absolute atomic E-state index is 0.205. The molecule has 2 heterocycles. The number of hydrogen-bond donors (Lipinski definition) is 2. The van der Waals surface area contributed by atoms with Crippen LogP contribution >= 0.6 is 27.5 Å². The van der Waals surface area contributed by atoms with Gasteiger partial charge < -0.3 is 9.88 Å². The quantitative estimate of drug-likeness (QED) is 0.746. The topological polar surface area (TPSA) is 77.7 Å². The Balaban J connectivity index is 1.92. The van der Waals surface area contributed by atoms with Crippen molar-refractivity contribution >= 4 is 44.3 Å². The summed E-state index contributed by atoms with van der Waals surface area (Å²) in [5.74, 6) is 0.407. The number of nitrogens with zero attached hydrogens (tertiary/aromatic N) is 3. The first-order valence-corrected chi connectivity index (χ1v) is 7.30. The summed E-state index contributed by atoms with van der Waals surface area (Å²) >= 11 is 9.71. The highest BCUT2D eigenvalue weighted by atomic mass is 79.9. The number of hydrogen-bond acceptors (Lipinski definition) is 3. The highest BCUT2D eigenvalue weighted by molar-refractivity contribution is 9.10. The molecule has 0 aliphatic rings. The van der Waals surface area contributed by atoms with Gasteiger partial charge in [0.25, 0.3) is 5.91 Å². The van der Waals surface area contributed by atoms with E-state index >= 15 is 0 Å². The molecule has 0 saturated heterocycles. The van der Waals surface area contributed by atoms with Crippen molar-refractivity contribution in [3.05, 3.63) is 45.5 Å². The molecule has 0 atom stereocenters. The fourth-order valence-electron chi connectivity index (χ4n) is 2.07. The number of nitrogens with one attached hydrogen (secondary N) is 2. The largest absolute Gasteiger partial charge is 0.349 e. The molecule has 0 aliphatic heterocycles. The van der Waals surface area contributed by atoms with E-state index in [-0.39, 0.29) is 5.91 Å². The van der Waals surface area contributed by atoms with Crippen molar-refractivity contribution in [2.45, 2.75) is 6.54 Å². The van der Waals surface area contributed by atoms with Gasteiger partial charge in [-0.3, -0.25) is 9.89 Å². The first-order valence-electron chi connectivity index (χ1n) is 6.12. The Hall–Kier alpha value is -1.86. The lowest BCUT2D eigenvalue weighted by Crippen LogP contribution is -2.27. The molecule has 0 bridgehead atoms. The van der Waals surface area contributed by atoms with Crippen LogP contribution in [0.1, 0.15) is 16.3 Å². The lowest BCUT2D eigenvalue weighted by Gasteiger charge is -2.14. The summed E-state index contributed by atoms with van der Waals surface area (Å²) < 4.78 is 0.907. The van der Waals surface area contributed by atoms with Crippen molar-refractivity contribution in [1.82, 2.24) is 25.1 Å². The molecule has 0 radical (unpaired) electrons. The number of aromatic amines is 2. The Morgan fingerprint density at radius 1 is 1.48 bits per heavy atom. The second-order valence-electron chi connectivity index (χ2n) is 4.60. The maximum atomic E-state index is 12.5. The van der Waals surface area contributed by atoms with Gasteiger partial charge in [-0.2, -0.15) is 5.10 Å². The number of halogens is 2. The van der Waals surface area contributed by atoms with Crippen LogP contribution in [-0.2, 0) is 6.54 Å². The normalized spacial score (nSPS) is 11.0. The molecule has 2 aromatic heterocycles. The fraction of sp³-hybridized carbons (Fsp3) is 0.154. The lowest BCUT2D eigenvalue weighted by atomic mass is 10.2. The molecule has 8 heteroatoms. The molecule has 6 nitrogen and oxygen atoms in total. The number of rotatable bonds is 3. The zero-order chi connectivity index (χ0) is 15.0. The van der Waals surface area contributed by atoms with E-state index in [2.05, 4.69) is 36.1 Å². The van der Waals surface area contributed by atoms with Crippen LogP contribution in [0, 0.1) is 0 Å². The molecule has 1 aromatic carbocycles. The van der Waals surface area contributed by atoms with Gasteiger partial charge in [0.2, 0.25) is 0 Å². The summed E-state index contributed by atoms with van der Waals surface area (Å²) in [6.07, 6.45) is 1.40. The number of benzene rings is 1. The van der Waals surface area contributed by atoms with Gasteiger partial charge in [-0.15, -0.1) is 0 Å². The summed E-state index contributed by atoms with van der Waals surface area (Å²) in [6.45, 7) is 0.328. The number of amides is 1. The third-order valence-corrected chi connectivity index (χ3v) is 4.00. The molecule has 0 saturated carbocycles. The Labute approximate surface area is 133 Å². The molecule has 0 spiro atoms. The summed E-state index contributed by atoms with van der Waals surface area (Å²) in [5.41, 5.74) is 1.19. The van der Waals surface area contributed by atoms with Crippen LogP contribution in [0.15, 0.2) is 29.0 Å². The highest BCUT2D eigenvalue weighted by Crippen LogP contribution is 2.30. The maximum absolute atomic E-state index is 12.5. The van der Waals surface area contributed by atoms with E-state index in [0.29, 0.717) is 23.1 Å². The van der Waals surface area contributed by atoms with Gasteiger partial charge in [-0.05, 0) is 18.2 Å². The van der Waals surface area contributed by atoms with E-state index in [1.54, 1.807) is 7.05 Å². The average Bonchev–Trinajstić information content (AvgIpc) is 3.07. The molecule has 108 valence electrons. The Kier molecular flexibility index (Phi) is 3.69. The van der Waals surface area contributed by atoms with Crippen LogP contribution in [0.2, 0.25) is 5.02 Å². The molecule has 0 unspecified atom stereocenters. The Morgan fingerprint density at radius 3 is 3.00 bits per heavy atom. The Bertz CT molecular complexity index is 798. The van der Waals surface area contributed by atoms with E-state index < -0.39 is 0 Å². The Morgan fingerprint density at radius 2 is 2.29 bits per heavy atom. The number of H-pyrrole nitrogens is 2. The van der Waals surface area contributed by atoms with Crippen LogP contribution in [0.25, 0.3) is 10.9 Å². The van der Waals surface area contributed by atoms with Crippen LogP contribution in [0.5, 0.6) is 0 Å². The number of carbonyl (C=O) groups excluding carboxylic acids is 1. The number of fused-ring (bicyclic) bond motifs is 1. The van der Waals surface area contributed by atoms with Gasteiger partial charge in [-0.25, -0.2) is 4.98 Å². The average molecular weight is 369 g/mol. The van der Waals surface area contributed by atoms with E-state index in [0.717, 1.165) is 15.4 Å². The first kappa shape index (κ1) is 14.1. The zero-order valence-electron chi connectivity index (χ0n) is 11.0. The van der Waals surface area contributed by atoms with Gasteiger partial charge in [0.1, 0.15) is 17.8 Å². The second kappa shape index (κ2) is 5.50. The van der Waals surface area contributed by atoms with E-state index in [4.69, 9.17) is 11.6 Å². The number of carbonyl (C=O) groups is 1.